The number of carbonyl (C=O) groups excluding carboxylic acids is 4. The van der Waals surface area contributed by atoms with Gasteiger partial charge < -0.3 is 42.6 Å². The first-order chi connectivity index (χ1) is 42.4. The van der Waals surface area contributed by atoms with Gasteiger partial charge in [0, 0.05) is 43.6 Å². The monoisotopic (exact) mass is 1270 g/mol. The van der Waals surface area contributed by atoms with E-state index in [1.54, 1.807) is 13.0 Å². The molecule has 3 aromatic rings. The number of rotatable bonds is 37. The van der Waals surface area contributed by atoms with E-state index in [1.807, 2.05) is 0 Å². The number of hydrogen-bond donors (Lipinski definition) is 0. The number of hydrogen-bond acceptors (Lipinski definition) is 13. The van der Waals surface area contributed by atoms with Crippen LogP contribution in [-0.2, 0) is 78.6 Å². The second-order valence-corrected chi connectivity index (χ2v) is 23.4. The van der Waals surface area contributed by atoms with Gasteiger partial charge in [0.15, 0.2) is 0 Å². The molecule has 6 rings (SSSR count). The third kappa shape index (κ3) is 18.2. The highest BCUT2D eigenvalue weighted by atomic mass is 19.4. The summed E-state index contributed by atoms with van der Waals surface area (Å²) >= 11 is 0. The van der Waals surface area contributed by atoms with Gasteiger partial charge in [0.05, 0.1) is 24.4 Å². The van der Waals surface area contributed by atoms with E-state index in [4.69, 9.17) is 42.6 Å². The van der Waals surface area contributed by atoms with E-state index in [-0.39, 0.29) is 57.0 Å². The minimum absolute atomic E-state index is 0.0160. The molecule has 3 heterocycles. The zero-order chi connectivity index (χ0) is 64.9. The summed E-state index contributed by atoms with van der Waals surface area (Å²) in [5, 5.41) is 0. The van der Waals surface area contributed by atoms with Crippen molar-refractivity contribution in [2.75, 3.05) is 21.3 Å². The van der Waals surface area contributed by atoms with E-state index in [1.165, 1.54) is 54.6 Å². The molecule has 3 aromatic carbocycles. The summed E-state index contributed by atoms with van der Waals surface area (Å²) in [6.45, 7) is 3.89. The molecule has 3 aliphatic heterocycles. The maximum atomic E-state index is 15.5. The standard InChI is InChI=1S/C67H87F9O13/c1-6-7-8-9-10-14-17-29-38-52(88-60(79)63(82-4,66(71,72)73)49-33-24-19-25-34-49)53-41-42-54(86-53)55-43-44-56(87-55)57(89-61(80)64(83-5,67(74,75)76)50-35-26-20-27-36-50)40-39-51(37-28-16-13-11-12-15-21-30-47-45-46(2)84-58(47)77)85-59(78)62(81-3,65(68,69)70)48-31-22-18-23-32-48/h18-20,22-27,31-36,45-46,51-57H,6-17,21,28-30,37-44H2,1-5H3/t46-,51?,52+,53+,54+,55+,56+,57+,62+,63+,64+/m0/s1. The largest absolute Gasteiger partial charge is 0.460 e. The van der Waals surface area contributed by atoms with Crippen LogP contribution in [0.5, 0.6) is 0 Å². The lowest BCUT2D eigenvalue weighted by atomic mass is 9.92. The van der Waals surface area contributed by atoms with Gasteiger partial charge in [-0.05, 0) is 90.0 Å². The SMILES string of the molecule is CCCCCCCCCC[C@@H](OC(=O)[C@](OC)(c1ccccc1)C(F)(F)F)[C@H]1CC[C@H]([C@H]2CC[C@H]([C@@H](CCC(CCCCCCCCCC3=C[C@H](C)OC3=O)OC(=O)[C@](OC)(c3ccccc3)C(F)(F)F)OC(=O)[C@](OC)(c3ccccc3)C(F)(F)F)O2)O1. The maximum absolute atomic E-state index is 15.5. The average Bonchev–Trinajstić information content (AvgIpc) is 1.94. The molecule has 496 valence electrons. The first kappa shape index (κ1) is 72.5. The van der Waals surface area contributed by atoms with Crippen LogP contribution in [0, 0.1) is 0 Å². The number of cyclic esters (lactones) is 1. The molecule has 0 saturated carbocycles. The molecule has 0 N–H and O–H groups in total. The molecule has 0 spiro atoms. The fraction of sp³-hybridized carbons (Fsp3) is 0.642. The van der Waals surface area contributed by atoms with Crippen molar-refractivity contribution in [3.05, 3.63) is 119 Å². The minimum atomic E-state index is -5.41. The van der Waals surface area contributed by atoms with Gasteiger partial charge in [0.25, 0.3) is 16.8 Å². The van der Waals surface area contributed by atoms with Gasteiger partial charge in [0.2, 0.25) is 0 Å². The third-order valence-corrected chi connectivity index (χ3v) is 17.3. The summed E-state index contributed by atoms with van der Waals surface area (Å²) in [6, 6.07) is 18.7. The minimum Gasteiger partial charge on any atom is -0.460 e. The Labute approximate surface area is 516 Å². The molecule has 11 atom stereocenters. The number of alkyl halides is 9. The Bertz CT molecular complexity index is 2680. The predicted molar refractivity (Wildman–Crippen MR) is 311 cm³/mol. The summed E-state index contributed by atoms with van der Waals surface area (Å²) in [7, 11) is 2.19. The number of unbranched alkanes of at least 4 members (excludes halogenated alkanes) is 13. The Morgan fingerprint density at radius 2 is 0.831 bits per heavy atom. The molecule has 3 aliphatic rings. The van der Waals surface area contributed by atoms with E-state index >= 15 is 39.5 Å². The highest BCUT2D eigenvalue weighted by molar-refractivity contribution is 5.90. The number of methoxy groups -OCH3 is 3. The van der Waals surface area contributed by atoms with Crippen LogP contribution in [0.4, 0.5) is 39.5 Å². The van der Waals surface area contributed by atoms with Crippen LogP contribution in [0.25, 0.3) is 0 Å². The van der Waals surface area contributed by atoms with Crippen molar-refractivity contribution in [3.8, 4) is 0 Å². The first-order valence-corrected chi connectivity index (χ1v) is 31.3. The van der Waals surface area contributed by atoms with Crippen LogP contribution in [0.15, 0.2) is 103 Å². The molecule has 0 amide bonds. The van der Waals surface area contributed by atoms with Crippen molar-refractivity contribution in [1.29, 1.82) is 0 Å². The van der Waals surface area contributed by atoms with Crippen molar-refractivity contribution in [3.63, 3.8) is 0 Å². The summed E-state index contributed by atoms with van der Waals surface area (Å²) in [6.07, 6.45) is -9.78. The number of halogens is 9. The zero-order valence-corrected chi connectivity index (χ0v) is 51.5. The normalized spacial score (nSPS) is 22.0. The lowest BCUT2D eigenvalue weighted by Gasteiger charge is -2.36. The molecule has 0 bridgehead atoms. The van der Waals surface area contributed by atoms with Crippen molar-refractivity contribution in [2.45, 2.75) is 252 Å². The Morgan fingerprint density at radius 3 is 1.20 bits per heavy atom. The second kappa shape index (κ2) is 33.7. The fourth-order valence-corrected chi connectivity index (χ4v) is 12.4. The Morgan fingerprint density at radius 1 is 0.472 bits per heavy atom. The van der Waals surface area contributed by atoms with Gasteiger partial charge in [0.1, 0.15) is 24.4 Å². The summed E-state index contributed by atoms with van der Waals surface area (Å²) < 4.78 is 189. The van der Waals surface area contributed by atoms with Crippen LogP contribution in [-0.4, -0.2) is 113 Å². The van der Waals surface area contributed by atoms with Crippen LogP contribution < -0.4 is 0 Å². The molecule has 89 heavy (non-hydrogen) atoms. The van der Waals surface area contributed by atoms with Gasteiger partial charge in [-0.15, -0.1) is 0 Å². The van der Waals surface area contributed by atoms with Gasteiger partial charge in [-0.25, -0.2) is 19.2 Å². The Balaban J connectivity index is 1.25. The van der Waals surface area contributed by atoms with Crippen molar-refractivity contribution < 1.29 is 101 Å². The summed E-state index contributed by atoms with van der Waals surface area (Å²) in [5.41, 5.74) is -11.8. The van der Waals surface area contributed by atoms with Crippen LogP contribution in [0.3, 0.4) is 0 Å². The maximum Gasteiger partial charge on any atom is 0.432 e. The lowest BCUT2D eigenvalue weighted by Crippen LogP contribution is -2.53. The molecular weight excluding hydrogens is 1180 g/mol. The Hall–Kier alpha value is -5.55. The smallest absolute Gasteiger partial charge is 0.432 e. The number of carbonyl (C=O) groups is 4. The molecule has 0 radical (unpaired) electrons. The second-order valence-electron chi connectivity index (χ2n) is 23.4. The molecule has 22 heteroatoms. The quantitative estimate of drug-likeness (QED) is 0.0233. The lowest BCUT2D eigenvalue weighted by molar-refractivity contribution is -0.281. The van der Waals surface area contributed by atoms with Crippen molar-refractivity contribution in [1.82, 2.24) is 0 Å². The fourth-order valence-electron chi connectivity index (χ4n) is 12.4. The molecule has 1 unspecified atom stereocenters. The topological polar surface area (TPSA) is 151 Å². The van der Waals surface area contributed by atoms with E-state index in [0.29, 0.717) is 51.2 Å². The number of ether oxygens (including phenoxy) is 9. The van der Waals surface area contributed by atoms with Crippen LogP contribution in [0.2, 0.25) is 0 Å². The molecular formula is C67H87F9O13. The molecule has 2 saturated heterocycles. The van der Waals surface area contributed by atoms with Crippen LogP contribution in [0.1, 0.15) is 185 Å². The zero-order valence-electron chi connectivity index (χ0n) is 51.5. The molecule has 0 aliphatic carbocycles. The van der Waals surface area contributed by atoms with E-state index in [2.05, 4.69) is 6.92 Å². The van der Waals surface area contributed by atoms with Gasteiger partial charge in [-0.2, -0.15) is 39.5 Å². The van der Waals surface area contributed by atoms with Gasteiger partial charge in [-0.1, -0.05) is 175 Å². The number of benzene rings is 3. The highest BCUT2D eigenvalue weighted by Gasteiger charge is 2.67. The van der Waals surface area contributed by atoms with Crippen LogP contribution >= 0.6 is 0 Å². The molecule has 13 nitrogen and oxygen atoms in total. The van der Waals surface area contributed by atoms with E-state index in [9.17, 15) is 19.2 Å². The summed E-state index contributed by atoms with van der Waals surface area (Å²) in [4.78, 5) is 54.8. The summed E-state index contributed by atoms with van der Waals surface area (Å²) in [5.74, 6) is -5.67. The van der Waals surface area contributed by atoms with E-state index < -0.39 is 119 Å². The first-order valence-electron chi connectivity index (χ1n) is 31.3. The highest BCUT2D eigenvalue weighted by Crippen LogP contribution is 2.48. The average molecular weight is 1270 g/mol. The predicted octanol–water partition coefficient (Wildman–Crippen LogP) is 15.8. The Kier molecular flexibility index (Phi) is 27.4. The number of esters is 4. The van der Waals surface area contributed by atoms with Crippen molar-refractivity contribution in [2.24, 2.45) is 0 Å². The third-order valence-electron chi connectivity index (χ3n) is 17.3. The van der Waals surface area contributed by atoms with E-state index in [0.717, 1.165) is 115 Å². The molecule has 2 fully saturated rings. The van der Waals surface area contributed by atoms with Crippen molar-refractivity contribution >= 4 is 23.9 Å². The van der Waals surface area contributed by atoms with Gasteiger partial charge in [-0.3, -0.25) is 0 Å². The molecule has 0 aromatic heterocycles. The van der Waals surface area contributed by atoms with Gasteiger partial charge >= 0.3 is 42.4 Å².